The van der Waals surface area contributed by atoms with Crippen LogP contribution in [0.2, 0.25) is 0 Å². The molecule has 3 rings (SSSR count). The van der Waals surface area contributed by atoms with E-state index in [0.717, 1.165) is 40.0 Å². The van der Waals surface area contributed by atoms with Gasteiger partial charge in [-0.25, -0.2) is 0 Å². The number of hydrogen-bond donors (Lipinski definition) is 1. The van der Waals surface area contributed by atoms with E-state index in [4.69, 9.17) is 4.74 Å². The third-order valence-electron chi connectivity index (χ3n) is 4.11. The van der Waals surface area contributed by atoms with Gasteiger partial charge in [0.2, 0.25) is 0 Å². The highest BCUT2D eigenvalue weighted by atomic mass is 32.2. The number of thioether (sulfide) groups is 1. The first kappa shape index (κ1) is 19.5. The quantitative estimate of drug-likeness (QED) is 0.593. The van der Waals surface area contributed by atoms with E-state index in [-0.39, 0.29) is 6.61 Å². The fraction of sp³-hybridized carbons (Fsp3) is 0.333. The molecular formula is C21H25N3O2S. The average Bonchev–Trinajstić information content (AvgIpc) is 3.07. The van der Waals surface area contributed by atoms with E-state index in [1.807, 2.05) is 56.3 Å². The molecule has 3 aromatic rings. The topological polar surface area (TPSA) is 60.2 Å². The molecule has 0 bridgehead atoms. The Labute approximate surface area is 164 Å². The van der Waals surface area contributed by atoms with Crippen molar-refractivity contribution in [2.24, 2.45) is 0 Å². The Morgan fingerprint density at radius 3 is 2.44 bits per heavy atom. The standard InChI is InChI=1S/C21H25N3O2S/c1-4-24-20(17-8-6-5-7-9-17)22-23-21(24)27-14-18(25)13-26-19-11-15(2)10-16(3)12-19/h5-12,18,25H,4,13-14H2,1-3H3/t18-/m1/s1. The predicted molar refractivity (Wildman–Crippen MR) is 109 cm³/mol. The van der Waals surface area contributed by atoms with Crippen LogP contribution in [-0.4, -0.2) is 38.3 Å². The third-order valence-corrected chi connectivity index (χ3v) is 5.22. The summed E-state index contributed by atoms with van der Waals surface area (Å²) < 4.78 is 7.81. The maximum absolute atomic E-state index is 10.3. The van der Waals surface area contributed by atoms with Gasteiger partial charge in [-0.05, 0) is 44.0 Å². The minimum absolute atomic E-state index is 0.252. The SMILES string of the molecule is CCn1c(SC[C@H](O)COc2cc(C)cc(C)c2)nnc1-c1ccccc1. The molecule has 1 atom stereocenters. The number of nitrogens with zero attached hydrogens (tertiary/aromatic N) is 3. The molecule has 1 N–H and O–H groups in total. The molecule has 0 amide bonds. The second kappa shape index (κ2) is 9.06. The first-order chi connectivity index (χ1) is 13.1. The molecule has 1 aromatic heterocycles. The van der Waals surface area contributed by atoms with Crippen molar-refractivity contribution in [3.63, 3.8) is 0 Å². The lowest BCUT2D eigenvalue weighted by Crippen LogP contribution is -2.20. The van der Waals surface area contributed by atoms with E-state index in [1.54, 1.807) is 0 Å². The number of ether oxygens (including phenoxy) is 1. The van der Waals surface area contributed by atoms with Crippen LogP contribution in [0.25, 0.3) is 11.4 Å². The summed E-state index contributed by atoms with van der Waals surface area (Å²) in [5.41, 5.74) is 3.34. The second-order valence-corrected chi connectivity index (χ2v) is 7.50. The van der Waals surface area contributed by atoms with Crippen LogP contribution in [0.1, 0.15) is 18.1 Å². The van der Waals surface area contributed by atoms with Crippen LogP contribution in [0.3, 0.4) is 0 Å². The highest BCUT2D eigenvalue weighted by molar-refractivity contribution is 7.99. The summed E-state index contributed by atoms with van der Waals surface area (Å²) in [6.45, 7) is 7.16. The molecule has 5 nitrogen and oxygen atoms in total. The Kier molecular flexibility index (Phi) is 6.53. The Balaban J connectivity index is 1.59. The number of rotatable bonds is 8. The van der Waals surface area contributed by atoms with Crippen LogP contribution in [0, 0.1) is 13.8 Å². The van der Waals surface area contributed by atoms with Gasteiger partial charge in [0.15, 0.2) is 11.0 Å². The van der Waals surface area contributed by atoms with Gasteiger partial charge in [0.1, 0.15) is 12.4 Å². The van der Waals surface area contributed by atoms with Crippen molar-refractivity contribution in [3.05, 3.63) is 59.7 Å². The van der Waals surface area contributed by atoms with Crippen molar-refractivity contribution in [2.45, 2.75) is 38.6 Å². The monoisotopic (exact) mass is 383 g/mol. The number of hydrogen-bond acceptors (Lipinski definition) is 5. The second-order valence-electron chi connectivity index (χ2n) is 6.52. The normalized spacial score (nSPS) is 12.1. The molecule has 0 aliphatic rings. The van der Waals surface area contributed by atoms with Crippen molar-refractivity contribution >= 4 is 11.8 Å². The molecule has 27 heavy (non-hydrogen) atoms. The van der Waals surface area contributed by atoms with Crippen LogP contribution >= 0.6 is 11.8 Å². The summed E-state index contributed by atoms with van der Waals surface area (Å²) >= 11 is 1.50. The van der Waals surface area contributed by atoms with E-state index in [0.29, 0.717) is 5.75 Å². The van der Waals surface area contributed by atoms with Gasteiger partial charge < -0.3 is 14.4 Å². The predicted octanol–water partition coefficient (Wildman–Crippen LogP) is 4.11. The molecule has 0 aliphatic heterocycles. The maximum atomic E-state index is 10.3. The molecule has 0 spiro atoms. The summed E-state index contributed by atoms with van der Waals surface area (Å²) in [6, 6.07) is 16.1. The molecule has 2 aromatic carbocycles. The molecule has 0 unspecified atom stereocenters. The van der Waals surface area contributed by atoms with Crippen molar-refractivity contribution < 1.29 is 9.84 Å². The number of aromatic nitrogens is 3. The van der Waals surface area contributed by atoms with Gasteiger partial charge in [-0.3, -0.25) is 0 Å². The van der Waals surface area contributed by atoms with E-state index in [1.165, 1.54) is 11.8 Å². The van der Waals surface area contributed by atoms with Crippen LogP contribution < -0.4 is 4.74 Å². The molecule has 0 saturated heterocycles. The molecule has 0 fully saturated rings. The maximum Gasteiger partial charge on any atom is 0.191 e. The van der Waals surface area contributed by atoms with Gasteiger partial charge >= 0.3 is 0 Å². The smallest absolute Gasteiger partial charge is 0.191 e. The van der Waals surface area contributed by atoms with Crippen LogP contribution in [0.4, 0.5) is 0 Å². The highest BCUT2D eigenvalue weighted by Crippen LogP contribution is 2.24. The van der Waals surface area contributed by atoms with Crippen molar-refractivity contribution in [1.29, 1.82) is 0 Å². The molecule has 0 aliphatic carbocycles. The van der Waals surface area contributed by atoms with Crippen molar-refractivity contribution in [2.75, 3.05) is 12.4 Å². The minimum Gasteiger partial charge on any atom is -0.491 e. The summed E-state index contributed by atoms with van der Waals surface area (Å²) in [5, 5.41) is 19.7. The first-order valence-corrected chi connectivity index (χ1v) is 10.1. The number of aryl methyl sites for hydroxylation is 2. The molecule has 6 heteroatoms. The minimum atomic E-state index is -0.585. The Morgan fingerprint density at radius 2 is 1.78 bits per heavy atom. The van der Waals surface area contributed by atoms with Gasteiger partial charge in [0.25, 0.3) is 0 Å². The lowest BCUT2D eigenvalue weighted by molar-refractivity contribution is 0.126. The number of aliphatic hydroxyl groups excluding tert-OH is 1. The molecule has 0 saturated carbocycles. The van der Waals surface area contributed by atoms with Crippen LogP contribution in [-0.2, 0) is 6.54 Å². The van der Waals surface area contributed by atoms with Crippen molar-refractivity contribution in [3.8, 4) is 17.1 Å². The summed E-state index contributed by atoms with van der Waals surface area (Å²) in [7, 11) is 0. The van der Waals surface area contributed by atoms with Gasteiger partial charge in [0.05, 0.1) is 6.10 Å². The number of aliphatic hydroxyl groups is 1. The van der Waals surface area contributed by atoms with Gasteiger partial charge in [-0.1, -0.05) is 48.2 Å². The number of benzene rings is 2. The Bertz CT molecular complexity index is 860. The van der Waals surface area contributed by atoms with Crippen LogP contribution in [0.15, 0.2) is 53.7 Å². The highest BCUT2D eigenvalue weighted by Gasteiger charge is 2.15. The average molecular weight is 384 g/mol. The molecule has 0 radical (unpaired) electrons. The molecule has 142 valence electrons. The van der Waals surface area contributed by atoms with Gasteiger partial charge in [-0.15, -0.1) is 10.2 Å². The zero-order chi connectivity index (χ0) is 19.2. The fourth-order valence-corrected chi connectivity index (χ4v) is 3.82. The largest absolute Gasteiger partial charge is 0.491 e. The zero-order valence-corrected chi connectivity index (χ0v) is 16.7. The summed E-state index contributed by atoms with van der Waals surface area (Å²) in [5.74, 6) is 2.14. The summed E-state index contributed by atoms with van der Waals surface area (Å²) in [6.07, 6.45) is -0.585. The fourth-order valence-electron chi connectivity index (χ4n) is 2.91. The molecular weight excluding hydrogens is 358 g/mol. The Hall–Kier alpha value is -2.31. The van der Waals surface area contributed by atoms with Gasteiger partial charge in [-0.2, -0.15) is 0 Å². The van der Waals surface area contributed by atoms with Gasteiger partial charge in [0, 0.05) is 17.9 Å². The van der Waals surface area contributed by atoms with Crippen molar-refractivity contribution in [1.82, 2.24) is 14.8 Å². The molecule has 1 heterocycles. The lowest BCUT2D eigenvalue weighted by Gasteiger charge is -2.13. The Morgan fingerprint density at radius 1 is 1.07 bits per heavy atom. The zero-order valence-electron chi connectivity index (χ0n) is 15.9. The lowest BCUT2D eigenvalue weighted by atomic mass is 10.1. The first-order valence-electron chi connectivity index (χ1n) is 9.07. The van der Waals surface area contributed by atoms with E-state index in [9.17, 15) is 5.11 Å². The van der Waals surface area contributed by atoms with E-state index < -0.39 is 6.10 Å². The summed E-state index contributed by atoms with van der Waals surface area (Å²) in [4.78, 5) is 0. The van der Waals surface area contributed by atoms with E-state index in [2.05, 4.69) is 27.8 Å². The van der Waals surface area contributed by atoms with E-state index >= 15 is 0 Å². The van der Waals surface area contributed by atoms with Crippen LogP contribution in [0.5, 0.6) is 5.75 Å². The third kappa shape index (κ3) is 5.11.